The fraction of sp³-hybridized carbons (Fsp3) is 0.160. The summed E-state index contributed by atoms with van der Waals surface area (Å²) in [5.41, 5.74) is 12.3. The Hall–Kier alpha value is -4.99. The van der Waals surface area contributed by atoms with Gasteiger partial charge in [0.1, 0.15) is 22.1 Å². The molecule has 0 saturated carbocycles. The Kier molecular flexibility index (Phi) is 22.5. The van der Waals surface area contributed by atoms with Gasteiger partial charge in [0.25, 0.3) is 11.1 Å². The highest BCUT2D eigenvalue weighted by Crippen LogP contribution is 2.27. The van der Waals surface area contributed by atoms with E-state index in [1.165, 1.54) is 14.2 Å². The van der Waals surface area contributed by atoms with Crippen LogP contribution in [0.25, 0.3) is 0 Å². The standard InChI is InChI=1S/C25H21Cl3N2O3S.C18H19ClN2O2S.C7H3Cl3O/c1-14-5-3-6-17(26)21(14)24(34)30-20(25(32)33-2)13-15-9-11-16(12-10-15)29-23(31)22-18(27)7-4-8-19(22)28;1-11-4-3-5-14(19)16(11)17(24)21-15(18(22)23-2)10-12-6-8-13(20)9-7-12;8-4-2-1-3-5(9)6(4)7(10)11/h3-12,20H,13H2,1-2H3,(H,29,31)(H,30,34);3-9,15H,10,20H2,1-2H3,(H,21,24);1-3H. The average Bonchev–Trinajstić information content (AvgIpc) is 3.29. The third-order valence-electron chi connectivity index (χ3n) is 9.90. The van der Waals surface area contributed by atoms with E-state index in [1.807, 2.05) is 50.2 Å². The van der Waals surface area contributed by atoms with E-state index < -0.39 is 29.2 Å². The fourth-order valence-electron chi connectivity index (χ4n) is 6.41. The van der Waals surface area contributed by atoms with Gasteiger partial charge in [-0.15, -0.1) is 0 Å². The fourth-order valence-corrected chi connectivity index (χ4v) is 9.42. The normalized spacial score (nSPS) is 11.2. The molecule has 0 radical (unpaired) electrons. The Labute approximate surface area is 446 Å². The molecule has 6 aromatic rings. The second-order valence-corrected chi connectivity index (χ2v) is 18.3. The topological polar surface area (TPSA) is 149 Å². The van der Waals surface area contributed by atoms with Crippen LogP contribution in [0.2, 0.25) is 30.1 Å². The van der Waals surface area contributed by atoms with Crippen LogP contribution in [-0.4, -0.2) is 59.4 Å². The first-order valence-electron chi connectivity index (χ1n) is 20.4. The van der Waals surface area contributed by atoms with Crippen LogP contribution in [-0.2, 0) is 31.9 Å². The van der Waals surface area contributed by atoms with Crippen molar-refractivity contribution in [2.45, 2.75) is 38.8 Å². The number of nitrogen functional groups attached to an aromatic ring is 1. The number of thiocarbonyl (C=S) groups is 2. The molecule has 0 bridgehead atoms. The molecule has 0 heterocycles. The van der Waals surface area contributed by atoms with Crippen molar-refractivity contribution in [3.05, 3.63) is 196 Å². The first-order chi connectivity index (χ1) is 32.7. The largest absolute Gasteiger partial charge is 0.467 e. The second-order valence-electron chi connectivity index (χ2n) is 14.7. The summed E-state index contributed by atoms with van der Waals surface area (Å²) in [5, 5.41) is 10.4. The molecular formula is C50H43Cl7N4O6S2. The maximum Gasteiger partial charge on any atom is 0.328 e. The van der Waals surface area contributed by atoms with Crippen LogP contribution >= 0.6 is 106 Å². The van der Waals surface area contributed by atoms with Crippen LogP contribution in [0.4, 0.5) is 11.4 Å². The van der Waals surface area contributed by atoms with E-state index in [2.05, 4.69) is 16.0 Å². The lowest BCUT2D eigenvalue weighted by Gasteiger charge is -2.20. The summed E-state index contributed by atoms with van der Waals surface area (Å²) >= 11 is 52.2. The minimum Gasteiger partial charge on any atom is -0.467 e. The molecule has 2 unspecified atom stereocenters. The number of hydrogen-bond donors (Lipinski definition) is 4. The number of nitrogens with one attached hydrogen (secondary N) is 3. The van der Waals surface area contributed by atoms with Crippen LogP contribution in [0.3, 0.4) is 0 Å². The summed E-state index contributed by atoms with van der Waals surface area (Å²) < 4.78 is 9.84. The highest BCUT2D eigenvalue weighted by atomic mass is 35.5. The Morgan fingerprint density at radius 3 is 1.19 bits per heavy atom. The summed E-state index contributed by atoms with van der Waals surface area (Å²) in [6, 6.07) is 33.7. The van der Waals surface area contributed by atoms with Crippen molar-refractivity contribution < 1.29 is 28.7 Å². The van der Waals surface area contributed by atoms with Crippen LogP contribution < -0.4 is 21.7 Å². The van der Waals surface area contributed by atoms with E-state index in [0.29, 0.717) is 49.8 Å². The number of esters is 2. The molecule has 6 aromatic carbocycles. The zero-order chi connectivity index (χ0) is 50.9. The van der Waals surface area contributed by atoms with E-state index >= 15 is 0 Å². The molecule has 360 valence electrons. The monoisotopic (exact) mass is 1100 g/mol. The van der Waals surface area contributed by atoms with Gasteiger partial charge in [-0.3, -0.25) is 9.59 Å². The van der Waals surface area contributed by atoms with Gasteiger partial charge in [0.15, 0.2) is 0 Å². The molecule has 0 fully saturated rings. The number of benzene rings is 6. The molecular weight excluding hydrogens is 1060 g/mol. The summed E-state index contributed by atoms with van der Waals surface area (Å²) in [7, 11) is 2.67. The summed E-state index contributed by atoms with van der Waals surface area (Å²) in [4.78, 5) is 48.6. The van der Waals surface area contributed by atoms with Gasteiger partial charge in [-0.2, -0.15) is 0 Å². The molecule has 10 nitrogen and oxygen atoms in total. The van der Waals surface area contributed by atoms with Crippen LogP contribution in [0.5, 0.6) is 0 Å². The lowest BCUT2D eigenvalue weighted by molar-refractivity contribution is -0.143. The molecule has 6 rings (SSSR count). The summed E-state index contributed by atoms with van der Waals surface area (Å²) in [6.07, 6.45) is 0.734. The number of ether oxygens (including phenoxy) is 2. The minimum absolute atomic E-state index is 0.164. The Balaban J connectivity index is 0.000000255. The van der Waals surface area contributed by atoms with Crippen molar-refractivity contribution in [2.75, 3.05) is 25.3 Å². The quantitative estimate of drug-likeness (QED) is 0.0379. The van der Waals surface area contributed by atoms with E-state index in [0.717, 1.165) is 27.8 Å². The zero-order valence-corrected chi connectivity index (χ0v) is 44.0. The van der Waals surface area contributed by atoms with E-state index in [4.69, 9.17) is 121 Å². The van der Waals surface area contributed by atoms with Crippen LogP contribution in [0, 0.1) is 13.8 Å². The van der Waals surface area contributed by atoms with E-state index in [9.17, 15) is 19.2 Å². The SMILES string of the molecule is COC(=O)C(Cc1ccc(N)cc1)NC(=S)c1c(C)cccc1Cl.COC(=O)C(Cc1ccc(NC(=O)c2c(Cl)cccc2Cl)cc1)NC(=S)c1c(C)cccc1Cl.O=C(Cl)c1c(Cl)cccc1Cl. The molecule has 0 saturated heterocycles. The van der Waals surface area contributed by atoms with Gasteiger partial charge < -0.3 is 31.2 Å². The Morgan fingerprint density at radius 2 is 0.855 bits per heavy atom. The number of anilines is 2. The number of hydrogen-bond acceptors (Lipinski definition) is 9. The number of rotatable bonds is 13. The number of carbonyl (C=O) groups is 4. The number of halogens is 7. The highest BCUT2D eigenvalue weighted by molar-refractivity contribution is 7.81. The number of aryl methyl sites for hydroxylation is 2. The Bertz CT molecular complexity index is 2750. The minimum atomic E-state index is -0.726. The Morgan fingerprint density at radius 1 is 0.522 bits per heavy atom. The van der Waals surface area contributed by atoms with Crippen molar-refractivity contribution in [3.63, 3.8) is 0 Å². The molecule has 0 aliphatic rings. The third-order valence-corrected chi connectivity index (χ3v) is 12.6. The number of nitrogens with two attached hydrogens (primary N) is 1. The molecule has 0 spiro atoms. The van der Waals surface area contributed by atoms with E-state index in [-0.39, 0.29) is 37.2 Å². The van der Waals surface area contributed by atoms with Gasteiger partial charge in [0, 0.05) is 35.3 Å². The van der Waals surface area contributed by atoms with Crippen molar-refractivity contribution in [3.8, 4) is 0 Å². The molecule has 0 aromatic heterocycles. The molecule has 1 amide bonds. The second kappa shape index (κ2) is 27.4. The summed E-state index contributed by atoms with van der Waals surface area (Å²) in [6.45, 7) is 3.81. The smallest absolute Gasteiger partial charge is 0.328 e. The molecule has 69 heavy (non-hydrogen) atoms. The van der Waals surface area contributed by atoms with Crippen molar-refractivity contribution >= 4 is 150 Å². The molecule has 0 aliphatic carbocycles. The molecule has 5 N–H and O–H groups in total. The van der Waals surface area contributed by atoms with Gasteiger partial charge in [-0.05, 0) is 108 Å². The molecule has 2 atom stereocenters. The van der Waals surface area contributed by atoms with Crippen LogP contribution in [0.1, 0.15) is 54.1 Å². The first kappa shape index (κ1) is 56.6. The average molecular weight is 1110 g/mol. The number of amides is 1. The van der Waals surface area contributed by atoms with Gasteiger partial charge in [0.05, 0.1) is 55.5 Å². The van der Waals surface area contributed by atoms with Gasteiger partial charge in [0.2, 0.25) is 0 Å². The number of carbonyl (C=O) groups excluding carboxylic acids is 4. The van der Waals surface area contributed by atoms with Crippen LogP contribution in [0.15, 0.2) is 121 Å². The lowest BCUT2D eigenvalue weighted by atomic mass is 10.0. The van der Waals surface area contributed by atoms with Gasteiger partial charge >= 0.3 is 11.9 Å². The maximum atomic E-state index is 12.6. The summed E-state index contributed by atoms with van der Waals surface area (Å²) in [5.74, 6) is -1.27. The zero-order valence-electron chi connectivity index (χ0n) is 37.1. The van der Waals surface area contributed by atoms with Crippen molar-refractivity contribution in [1.29, 1.82) is 0 Å². The maximum absolute atomic E-state index is 12.6. The van der Waals surface area contributed by atoms with Crippen molar-refractivity contribution in [1.82, 2.24) is 10.6 Å². The van der Waals surface area contributed by atoms with Gasteiger partial charge in [-0.25, -0.2) is 9.59 Å². The lowest BCUT2D eigenvalue weighted by Crippen LogP contribution is -2.43. The highest BCUT2D eigenvalue weighted by Gasteiger charge is 2.24. The van der Waals surface area contributed by atoms with Crippen molar-refractivity contribution in [2.24, 2.45) is 0 Å². The molecule has 19 heteroatoms. The van der Waals surface area contributed by atoms with E-state index in [1.54, 1.807) is 84.9 Å². The molecule has 0 aliphatic heterocycles. The predicted molar refractivity (Wildman–Crippen MR) is 289 cm³/mol. The first-order valence-corrected chi connectivity index (χ1v) is 23.8. The third kappa shape index (κ3) is 16.6. The predicted octanol–water partition coefficient (Wildman–Crippen LogP) is 12.9. The number of methoxy groups -OCH3 is 2. The van der Waals surface area contributed by atoms with Gasteiger partial charge in [-0.1, -0.05) is 155 Å².